The summed E-state index contributed by atoms with van der Waals surface area (Å²) in [6.07, 6.45) is 8.38. The third-order valence-electron chi connectivity index (χ3n) is 5.49. The summed E-state index contributed by atoms with van der Waals surface area (Å²) in [4.78, 5) is 12.8. The zero-order valence-electron chi connectivity index (χ0n) is 16.2. The average Bonchev–Trinajstić information content (AvgIpc) is 3.03. The summed E-state index contributed by atoms with van der Waals surface area (Å²) in [5.74, 6) is 0.620. The fourth-order valence-corrected chi connectivity index (χ4v) is 4.90. The lowest BCUT2D eigenvalue weighted by Crippen LogP contribution is -2.24. The van der Waals surface area contributed by atoms with E-state index in [1.54, 1.807) is 18.2 Å². The average molecular weight is 390 g/mol. The summed E-state index contributed by atoms with van der Waals surface area (Å²) in [5, 5.41) is 13.1. The number of aromatic nitrogens is 2. The van der Waals surface area contributed by atoms with Gasteiger partial charge in [0.05, 0.1) is 14.2 Å². The molecule has 1 saturated carbocycles. The molecule has 0 aliphatic heterocycles. The lowest BCUT2D eigenvalue weighted by Gasteiger charge is -2.28. The third kappa shape index (κ3) is 4.08. The molecule has 146 valence electrons. The minimum atomic E-state index is -0.307. The van der Waals surface area contributed by atoms with Gasteiger partial charge in [-0.05, 0) is 31.4 Å². The molecule has 0 atom stereocenters. The van der Waals surface area contributed by atoms with E-state index in [-0.39, 0.29) is 11.3 Å². The fraction of sp³-hybridized carbons (Fsp3) is 0.550. The van der Waals surface area contributed by atoms with E-state index in [2.05, 4.69) is 22.4 Å². The third-order valence-corrected chi connectivity index (χ3v) is 6.58. The molecule has 1 aromatic heterocycles. The van der Waals surface area contributed by atoms with Crippen molar-refractivity contribution in [1.82, 2.24) is 10.2 Å². The van der Waals surface area contributed by atoms with Gasteiger partial charge >= 0.3 is 0 Å². The van der Waals surface area contributed by atoms with Crippen LogP contribution in [0, 0.1) is 0 Å². The van der Waals surface area contributed by atoms with Gasteiger partial charge in [-0.25, -0.2) is 0 Å². The zero-order valence-corrected chi connectivity index (χ0v) is 17.0. The van der Waals surface area contributed by atoms with Crippen LogP contribution in [0.25, 0.3) is 0 Å². The molecule has 1 aromatic carbocycles. The van der Waals surface area contributed by atoms with Gasteiger partial charge in [-0.2, -0.15) is 0 Å². The van der Waals surface area contributed by atoms with Crippen LogP contribution in [0.1, 0.15) is 67.2 Å². The molecule has 0 spiro atoms. The molecule has 0 bridgehead atoms. The number of hydrogen-bond acceptors (Lipinski definition) is 6. The van der Waals surface area contributed by atoms with Gasteiger partial charge in [0, 0.05) is 5.41 Å². The standard InChI is InChI=1S/C20H27N3O3S/c1-4-20(12-7-5-6-8-13-20)18-22-23-19(27-18)21-17(24)16-14(25-2)10-9-11-15(16)26-3/h9-11H,4-8,12-13H2,1-3H3,(H,21,23,24). The highest BCUT2D eigenvalue weighted by atomic mass is 32.1. The molecule has 6 nitrogen and oxygen atoms in total. The van der Waals surface area contributed by atoms with Crippen LogP contribution >= 0.6 is 11.3 Å². The Morgan fingerprint density at radius 1 is 1.11 bits per heavy atom. The Morgan fingerprint density at radius 2 is 1.74 bits per heavy atom. The highest BCUT2D eigenvalue weighted by Gasteiger charge is 2.35. The van der Waals surface area contributed by atoms with E-state index in [1.807, 2.05) is 0 Å². The second kappa shape index (κ2) is 8.69. The summed E-state index contributed by atoms with van der Waals surface area (Å²) in [5.41, 5.74) is 0.457. The van der Waals surface area contributed by atoms with Gasteiger partial charge in [-0.1, -0.05) is 50.0 Å². The summed E-state index contributed by atoms with van der Waals surface area (Å²) < 4.78 is 10.6. The van der Waals surface area contributed by atoms with Crippen LogP contribution < -0.4 is 14.8 Å². The molecule has 0 saturated heterocycles. The number of carbonyl (C=O) groups excluding carboxylic acids is 1. The largest absolute Gasteiger partial charge is 0.496 e. The number of rotatable bonds is 6. The molecule has 1 aliphatic carbocycles. The predicted octanol–water partition coefficient (Wildman–Crippen LogP) is 4.81. The normalized spacial score (nSPS) is 16.4. The first kappa shape index (κ1) is 19.6. The van der Waals surface area contributed by atoms with Crippen molar-refractivity contribution in [3.63, 3.8) is 0 Å². The molecule has 2 aromatic rings. The second-order valence-electron chi connectivity index (χ2n) is 6.95. The molecular formula is C20H27N3O3S. The minimum Gasteiger partial charge on any atom is -0.496 e. The van der Waals surface area contributed by atoms with E-state index in [0.29, 0.717) is 22.2 Å². The number of benzene rings is 1. The minimum absolute atomic E-state index is 0.0965. The quantitative estimate of drug-likeness (QED) is 0.718. The maximum absolute atomic E-state index is 12.8. The molecule has 7 heteroatoms. The highest BCUT2D eigenvalue weighted by Crippen LogP contribution is 2.43. The Morgan fingerprint density at radius 3 is 2.30 bits per heavy atom. The van der Waals surface area contributed by atoms with Crippen molar-refractivity contribution in [3.8, 4) is 11.5 Å². The van der Waals surface area contributed by atoms with Crippen molar-refractivity contribution < 1.29 is 14.3 Å². The lowest BCUT2D eigenvalue weighted by atomic mass is 9.79. The zero-order chi connectivity index (χ0) is 19.3. The number of amides is 1. The van der Waals surface area contributed by atoms with E-state index in [4.69, 9.17) is 9.47 Å². The first-order valence-corrected chi connectivity index (χ1v) is 10.3. The van der Waals surface area contributed by atoms with Crippen molar-refractivity contribution in [3.05, 3.63) is 28.8 Å². The number of ether oxygens (including phenoxy) is 2. The van der Waals surface area contributed by atoms with Gasteiger partial charge in [-0.3, -0.25) is 10.1 Å². The molecule has 1 fully saturated rings. The van der Waals surface area contributed by atoms with E-state index < -0.39 is 0 Å². The monoisotopic (exact) mass is 389 g/mol. The van der Waals surface area contributed by atoms with Crippen molar-refractivity contribution in [1.29, 1.82) is 0 Å². The second-order valence-corrected chi connectivity index (χ2v) is 7.93. The Hall–Kier alpha value is -2.15. The Labute approximate surface area is 164 Å². The topological polar surface area (TPSA) is 73.3 Å². The fourth-order valence-electron chi connectivity index (χ4n) is 3.85. The Balaban J connectivity index is 1.83. The van der Waals surface area contributed by atoms with Crippen molar-refractivity contribution >= 4 is 22.4 Å². The maximum atomic E-state index is 12.8. The summed E-state index contributed by atoms with van der Waals surface area (Å²) in [7, 11) is 3.07. The van der Waals surface area contributed by atoms with Gasteiger partial charge in [0.15, 0.2) is 0 Å². The summed E-state index contributed by atoms with van der Waals surface area (Å²) in [6, 6.07) is 5.26. The van der Waals surface area contributed by atoms with Crippen molar-refractivity contribution in [2.75, 3.05) is 19.5 Å². The molecule has 1 heterocycles. The molecule has 0 unspecified atom stereocenters. The molecule has 3 rings (SSSR count). The SMILES string of the molecule is CCC1(c2nnc(NC(=O)c3c(OC)cccc3OC)s2)CCCCCC1. The smallest absolute Gasteiger partial charge is 0.265 e. The highest BCUT2D eigenvalue weighted by molar-refractivity contribution is 7.15. The van der Waals surface area contributed by atoms with Crippen LogP contribution in [0.4, 0.5) is 5.13 Å². The van der Waals surface area contributed by atoms with Gasteiger partial charge in [0.25, 0.3) is 5.91 Å². The van der Waals surface area contributed by atoms with Crippen molar-refractivity contribution in [2.45, 2.75) is 57.3 Å². The van der Waals surface area contributed by atoms with Crippen LogP contribution in [0.3, 0.4) is 0 Å². The number of hydrogen-bond donors (Lipinski definition) is 1. The molecular weight excluding hydrogens is 362 g/mol. The number of nitrogens with zero attached hydrogens (tertiary/aromatic N) is 2. The van der Waals surface area contributed by atoms with Crippen LogP contribution in [0.2, 0.25) is 0 Å². The van der Waals surface area contributed by atoms with E-state index in [9.17, 15) is 4.79 Å². The molecule has 0 radical (unpaired) electrons. The van der Waals surface area contributed by atoms with E-state index in [1.165, 1.54) is 51.2 Å². The summed E-state index contributed by atoms with van der Waals surface area (Å²) >= 11 is 1.49. The maximum Gasteiger partial charge on any atom is 0.265 e. The van der Waals surface area contributed by atoms with Crippen molar-refractivity contribution in [2.24, 2.45) is 0 Å². The van der Waals surface area contributed by atoms with Gasteiger partial charge in [0.1, 0.15) is 22.1 Å². The first-order chi connectivity index (χ1) is 13.1. The van der Waals surface area contributed by atoms with Crippen LogP contribution in [-0.2, 0) is 5.41 Å². The van der Waals surface area contributed by atoms with Gasteiger partial charge < -0.3 is 9.47 Å². The van der Waals surface area contributed by atoms with Crippen LogP contribution in [-0.4, -0.2) is 30.3 Å². The number of carbonyl (C=O) groups is 1. The number of anilines is 1. The van der Waals surface area contributed by atoms with Gasteiger partial charge in [0.2, 0.25) is 5.13 Å². The number of nitrogens with one attached hydrogen (secondary N) is 1. The summed E-state index contributed by atoms with van der Waals surface area (Å²) in [6.45, 7) is 2.23. The van der Waals surface area contributed by atoms with Crippen LogP contribution in [0.5, 0.6) is 11.5 Å². The molecule has 27 heavy (non-hydrogen) atoms. The predicted molar refractivity (Wildman–Crippen MR) is 107 cm³/mol. The molecule has 1 aliphatic rings. The van der Waals surface area contributed by atoms with E-state index >= 15 is 0 Å². The van der Waals surface area contributed by atoms with Crippen LogP contribution in [0.15, 0.2) is 18.2 Å². The molecule has 1 N–H and O–H groups in total. The first-order valence-electron chi connectivity index (χ1n) is 9.50. The van der Waals surface area contributed by atoms with Gasteiger partial charge in [-0.15, -0.1) is 10.2 Å². The Bertz CT molecular complexity index is 760. The number of methoxy groups -OCH3 is 2. The molecule has 1 amide bonds. The lowest BCUT2D eigenvalue weighted by molar-refractivity contribution is 0.102. The van der Waals surface area contributed by atoms with E-state index in [0.717, 1.165) is 24.3 Å². The Kier molecular flexibility index (Phi) is 6.31.